The molecule has 1 unspecified atom stereocenters. The minimum atomic E-state index is -1.57. The first-order valence-electron chi connectivity index (χ1n) is 6.62. The number of carbonyl (C=O) groups excluding carboxylic acids is 1. The lowest BCUT2D eigenvalue weighted by atomic mass is 9.68. The Morgan fingerprint density at radius 2 is 1.95 bits per heavy atom. The van der Waals surface area contributed by atoms with E-state index in [2.05, 4.69) is 0 Å². The van der Waals surface area contributed by atoms with Crippen molar-refractivity contribution >= 4 is 11.6 Å². The highest BCUT2D eigenvalue weighted by molar-refractivity contribution is 6.08. The number of nitrogens with zero attached hydrogens (tertiary/aromatic N) is 3. The second-order valence-corrected chi connectivity index (χ2v) is 5.18. The molecule has 3 rings (SSSR count). The maximum Gasteiger partial charge on any atom is 0.266 e. The van der Waals surface area contributed by atoms with Crippen molar-refractivity contribution in [3.05, 3.63) is 42.0 Å². The van der Waals surface area contributed by atoms with E-state index < -0.39 is 11.0 Å². The van der Waals surface area contributed by atoms with Crippen molar-refractivity contribution in [2.45, 2.75) is 12.0 Å². The summed E-state index contributed by atoms with van der Waals surface area (Å²) in [7, 11) is 1.64. The molecule has 0 N–H and O–H groups in total. The van der Waals surface area contributed by atoms with Crippen molar-refractivity contribution < 1.29 is 9.53 Å². The van der Waals surface area contributed by atoms with Crippen molar-refractivity contribution in [2.24, 2.45) is 5.41 Å². The van der Waals surface area contributed by atoms with Crippen molar-refractivity contribution in [1.29, 1.82) is 10.5 Å². The molecule has 5 heteroatoms. The highest BCUT2D eigenvalue weighted by Crippen LogP contribution is 2.54. The lowest BCUT2D eigenvalue weighted by Gasteiger charge is -2.36. The minimum Gasteiger partial charge on any atom is -0.354 e. The highest BCUT2D eigenvalue weighted by Gasteiger charge is 2.65. The van der Waals surface area contributed by atoms with E-state index in [0.29, 0.717) is 11.3 Å². The van der Waals surface area contributed by atoms with Gasteiger partial charge in [-0.05, 0) is 6.07 Å². The van der Waals surface area contributed by atoms with Gasteiger partial charge in [0.25, 0.3) is 5.91 Å². The summed E-state index contributed by atoms with van der Waals surface area (Å²) < 4.78 is 5.84. The van der Waals surface area contributed by atoms with Gasteiger partial charge in [-0.1, -0.05) is 30.4 Å². The van der Waals surface area contributed by atoms with Crippen LogP contribution in [0.2, 0.25) is 0 Å². The van der Waals surface area contributed by atoms with Crippen LogP contribution in [0.25, 0.3) is 0 Å². The van der Waals surface area contributed by atoms with Gasteiger partial charge in [-0.3, -0.25) is 4.79 Å². The first-order chi connectivity index (χ1) is 10.1. The van der Waals surface area contributed by atoms with E-state index in [-0.39, 0.29) is 18.9 Å². The molecular weight excluding hydrogens is 266 g/mol. The highest BCUT2D eigenvalue weighted by atomic mass is 16.5. The molecule has 0 aliphatic carbocycles. The average molecular weight is 279 g/mol. The molecule has 104 valence electrons. The Balaban J connectivity index is 2.35. The van der Waals surface area contributed by atoms with Crippen LogP contribution in [0.3, 0.4) is 0 Å². The van der Waals surface area contributed by atoms with Gasteiger partial charge in [-0.15, -0.1) is 0 Å². The Morgan fingerprint density at radius 3 is 2.67 bits per heavy atom. The number of para-hydroxylation sites is 1. The van der Waals surface area contributed by atoms with Crippen LogP contribution < -0.4 is 4.90 Å². The van der Waals surface area contributed by atoms with E-state index >= 15 is 0 Å². The van der Waals surface area contributed by atoms with Gasteiger partial charge in [0.2, 0.25) is 5.60 Å². The SMILES string of the molecule is CN1C(=O)C2(OCC=CCC2(C#N)C#N)c2ccccc21. The Hall–Kier alpha value is -2.63. The maximum absolute atomic E-state index is 12.9. The molecule has 0 saturated heterocycles. The van der Waals surface area contributed by atoms with Gasteiger partial charge in [0.1, 0.15) is 0 Å². The molecule has 5 nitrogen and oxygen atoms in total. The number of likely N-dealkylation sites (N-methyl/N-ethyl adjacent to an activating group) is 1. The number of hydrogen-bond donors (Lipinski definition) is 0. The Bertz CT molecular complexity index is 712. The molecule has 1 aromatic rings. The number of ether oxygens (including phenoxy) is 1. The average Bonchev–Trinajstić information content (AvgIpc) is 2.69. The molecule has 0 radical (unpaired) electrons. The minimum absolute atomic E-state index is 0.161. The molecule has 0 bridgehead atoms. The Kier molecular flexibility index (Phi) is 2.83. The summed E-state index contributed by atoms with van der Waals surface area (Å²) in [6.07, 6.45) is 3.63. The second kappa shape index (κ2) is 4.44. The molecule has 1 atom stereocenters. The summed E-state index contributed by atoms with van der Waals surface area (Å²) in [6, 6.07) is 11.2. The van der Waals surface area contributed by atoms with E-state index in [1.54, 1.807) is 37.4 Å². The molecule has 1 spiro atoms. The zero-order chi connectivity index (χ0) is 15.1. The number of anilines is 1. The van der Waals surface area contributed by atoms with E-state index in [4.69, 9.17) is 4.74 Å². The smallest absolute Gasteiger partial charge is 0.266 e. The first-order valence-corrected chi connectivity index (χ1v) is 6.62. The van der Waals surface area contributed by atoms with E-state index in [0.717, 1.165) is 0 Å². The van der Waals surface area contributed by atoms with Crippen LogP contribution in [0.15, 0.2) is 36.4 Å². The zero-order valence-electron chi connectivity index (χ0n) is 11.5. The molecule has 21 heavy (non-hydrogen) atoms. The van der Waals surface area contributed by atoms with E-state index in [1.165, 1.54) is 4.90 Å². The molecule has 2 aliphatic heterocycles. The van der Waals surface area contributed by atoms with Gasteiger partial charge >= 0.3 is 0 Å². The Morgan fingerprint density at radius 1 is 1.24 bits per heavy atom. The predicted octanol–water partition coefficient (Wildman–Crippen LogP) is 1.87. The van der Waals surface area contributed by atoms with Gasteiger partial charge < -0.3 is 9.64 Å². The summed E-state index contributed by atoms with van der Waals surface area (Å²) in [6.45, 7) is 0.193. The van der Waals surface area contributed by atoms with Crippen LogP contribution >= 0.6 is 0 Å². The standard InChI is InChI=1S/C16H13N3O2/c1-19-13-7-3-2-6-12(13)16(14(19)20)15(10-17,11-18)8-4-5-9-21-16/h2-7H,8-9H2,1H3. The lowest BCUT2D eigenvalue weighted by molar-refractivity contribution is -0.152. The summed E-state index contributed by atoms with van der Waals surface area (Å²) in [5, 5.41) is 19.3. The molecule has 2 aliphatic rings. The fourth-order valence-corrected chi connectivity index (χ4v) is 3.12. The Labute approximate surface area is 122 Å². The third-order valence-corrected chi connectivity index (χ3v) is 4.22. The molecule has 1 aromatic carbocycles. The number of fused-ring (bicyclic) bond motifs is 2. The van der Waals surface area contributed by atoms with Crippen molar-refractivity contribution in [3.63, 3.8) is 0 Å². The molecule has 1 amide bonds. The van der Waals surface area contributed by atoms with Crippen molar-refractivity contribution in [3.8, 4) is 12.1 Å². The molecule has 0 saturated carbocycles. The number of hydrogen-bond acceptors (Lipinski definition) is 4. The van der Waals surface area contributed by atoms with Gasteiger partial charge in [0.05, 0.1) is 24.4 Å². The van der Waals surface area contributed by atoms with Crippen molar-refractivity contribution in [1.82, 2.24) is 0 Å². The number of benzene rings is 1. The van der Waals surface area contributed by atoms with Crippen LogP contribution in [0.5, 0.6) is 0 Å². The first kappa shape index (κ1) is 13.4. The van der Waals surface area contributed by atoms with Crippen LogP contribution in [-0.4, -0.2) is 19.6 Å². The molecular formula is C16H13N3O2. The van der Waals surface area contributed by atoms with E-state index in [9.17, 15) is 15.3 Å². The third kappa shape index (κ3) is 1.44. The summed E-state index contributed by atoms with van der Waals surface area (Å²) in [4.78, 5) is 14.4. The number of rotatable bonds is 0. The van der Waals surface area contributed by atoms with Gasteiger partial charge in [0, 0.05) is 19.0 Å². The molecule has 0 aromatic heterocycles. The fourth-order valence-electron chi connectivity index (χ4n) is 3.12. The van der Waals surface area contributed by atoms with Gasteiger partial charge in [-0.25, -0.2) is 0 Å². The second-order valence-electron chi connectivity index (χ2n) is 5.18. The van der Waals surface area contributed by atoms with Crippen LogP contribution in [0.4, 0.5) is 5.69 Å². The predicted molar refractivity (Wildman–Crippen MR) is 74.9 cm³/mol. The monoisotopic (exact) mass is 279 g/mol. The van der Waals surface area contributed by atoms with Crippen LogP contribution in [0, 0.1) is 28.1 Å². The summed E-state index contributed by atoms with van der Waals surface area (Å²) >= 11 is 0. The fraction of sp³-hybridized carbons (Fsp3) is 0.312. The summed E-state index contributed by atoms with van der Waals surface area (Å²) in [5.74, 6) is -0.365. The maximum atomic E-state index is 12.9. The number of amides is 1. The molecule has 0 fully saturated rings. The van der Waals surface area contributed by atoms with Gasteiger partial charge in [0.15, 0.2) is 5.41 Å². The van der Waals surface area contributed by atoms with Crippen LogP contribution in [0.1, 0.15) is 12.0 Å². The largest absolute Gasteiger partial charge is 0.354 e. The van der Waals surface area contributed by atoms with E-state index in [1.807, 2.05) is 18.2 Å². The number of carbonyl (C=O) groups is 1. The molecule has 2 heterocycles. The quantitative estimate of drug-likeness (QED) is 0.679. The zero-order valence-corrected chi connectivity index (χ0v) is 11.5. The topological polar surface area (TPSA) is 77.1 Å². The van der Waals surface area contributed by atoms with Crippen molar-refractivity contribution in [2.75, 3.05) is 18.6 Å². The normalized spacial score (nSPS) is 26.0. The number of nitriles is 2. The van der Waals surface area contributed by atoms with Gasteiger partial charge in [-0.2, -0.15) is 10.5 Å². The van der Waals surface area contributed by atoms with Crippen LogP contribution in [-0.2, 0) is 15.1 Å². The third-order valence-electron chi connectivity index (χ3n) is 4.22. The number of allylic oxidation sites excluding steroid dienone is 1. The summed E-state index contributed by atoms with van der Waals surface area (Å²) in [5.41, 5.74) is -1.87. The lowest BCUT2D eigenvalue weighted by Crippen LogP contribution is -2.52.